The summed E-state index contributed by atoms with van der Waals surface area (Å²) in [5.74, 6) is -0.211. The molecule has 0 fully saturated rings. The third-order valence-electron chi connectivity index (χ3n) is 3.46. The lowest BCUT2D eigenvalue weighted by Crippen LogP contribution is -2.01. The number of aromatic hydroxyl groups is 2. The molecule has 1 aromatic carbocycles. The highest BCUT2D eigenvalue weighted by molar-refractivity contribution is 6.14. The molecule has 0 saturated heterocycles. The Morgan fingerprint density at radius 3 is 2.82 bits per heavy atom. The number of allylic oxidation sites excluding steroid dienone is 1. The normalized spacial score (nSPS) is 15.0. The Bertz CT molecular complexity index is 810. The van der Waals surface area contributed by atoms with E-state index in [-0.39, 0.29) is 41.0 Å². The molecular formula is C16H13NO5. The fourth-order valence-electron chi connectivity index (χ4n) is 2.25. The second-order valence-corrected chi connectivity index (χ2v) is 4.91. The Balaban J connectivity index is 2.09. The number of aliphatic hydroxyl groups is 1. The van der Waals surface area contributed by atoms with Crippen LogP contribution in [-0.4, -0.2) is 26.1 Å². The number of aliphatic hydroxyl groups excluding tert-OH is 1. The van der Waals surface area contributed by atoms with Crippen molar-refractivity contribution in [3.8, 4) is 17.2 Å². The maximum absolute atomic E-state index is 12.3. The van der Waals surface area contributed by atoms with E-state index >= 15 is 0 Å². The van der Waals surface area contributed by atoms with Crippen molar-refractivity contribution in [1.82, 2.24) is 4.98 Å². The maximum Gasteiger partial charge on any atom is 0.231 e. The van der Waals surface area contributed by atoms with E-state index in [2.05, 4.69) is 4.98 Å². The van der Waals surface area contributed by atoms with E-state index in [4.69, 9.17) is 4.74 Å². The van der Waals surface area contributed by atoms with Crippen LogP contribution in [0.1, 0.15) is 27.2 Å². The van der Waals surface area contributed by atoms with Crippen LogP contribution in [0.15, 0.2) is 30.2 Å². The number of ether oxygens (including phenoxy) is 1. The number of hydrogen-bond donors (Lipinski definition) is 3. The maximum atomic E-state index is 12.3. The van der Waals surface area contributed by atoms with E-state index in [1.54, 1.807) is 6.92 Å². The Labute approximate surface area is 125 Å². The van der Waals surface area contributed by atoms with Gasteiger partial charge in [-0.25, -0.2) is 0 Å². The molecule has 3 rings (SSSR count). The molecule has 0 aliphatic carbocycles. The minimum absolute atomic E-state index is 0.00792. The lowest BCUT2D eigenvalue weighted by molar-refractivity contribution is 0.101. The number of phenolic OH excluding ortho intramolecular Hbond substituents is 1. The van der Waals surface area contributed by atoms with Gasteiger partial charge in [-0.15, -0.1) is 0 Å². The molecule has 6 nitrogen and oxygen atoms in total. The van der Waals surface area contributed by atoms with Gasteiger partial charge in [-0.05, 0) is 25.1 Å². The zero-order valence-corrected chi connectivity index (χ0v) is 11.7. The number of hydrogen-bond acceptors (Lipinski definition) is 6. The molecule has 0 atom stereocenters. The summed E-state index contributed by atoms with van der Waals surface area (Å²) in [6.45, 7) is 1.28. The number of aromatic nitrogens is 1. The summed E-state index contributed by atoms with van der Waals surface area (Å²) in [7, 11) is 0. The van der Waals surface area contributed by atoms with Crippen LogP contribution in [0.2, 0.25) is 0 Å². The number of ketones is 1. The van der Waals surface area contributed by atoms with Gasteiger partial charge in [0.05, 0.1) is 17.9 Å². The first-order valence-corrected chi connectivity index (χ1v) is 6.57. The molecular weight excluding hydrogens is 286 g/mol. The third-order valence-corrected chi connectivity index (χ3v) is 3.46. The zero-order chi connectivity index (χ0) is 15.9. The minimum Gasteiger partial charge on any atom is -0.508 e. The van der Waals surface area contributed by atoms with Gasteiger partial charge in [0.25, 0.3) is 0 Å². The molecule has 0 unspecified atom stereocenters. The number of Topliss-reactive ketones (excluding diaryl/α,β-unsaturated/α-hetero) is 1. The predicted octanol–water partition coefficient (Wildman–Crippen LogP) is 1.91. The molecule has 0 saturated carbocycles. The van der Waals surface area contributed by atoms with Crippen molar-refractivity contribution in [1.29, 1.82) is 0 Å². The van der Waals surface area contributed by atoms with Crippen molar-refractivity contribution < 1.29 is 24.9 Å². The molecule has 1 aliphatic rings. The number of carbonyl (C=O) groups is 1. The van der Waals surface area contributed by atoms with E-state index < -0.39 is 0 Å². The van der Waals surface area contributed by atoms with Gasteiger partial charge in [-0.2, -0.15) is 0 Å². The van der Waals surface area contributed by atoms with Crippen molar-refractivity contribution in [3.05, 3.63) is 52.5 Å². The second-order valence-electron chi connectivity index (χ2n) is 4.91. The second kappa shape index (κ2) is 5.16. The Morgan fingerprint density at radius 1 is 1.32 bits per heavy atom. The fourth-order valence-corrected chi connectivity index (χ4v) is 2.25. The Hall–Kier alpha value is -2.86. The van der Waals surface area contributed by atoms with E-state index in [9.17, 15) is 20.1 Å². The standard InChI is InChI=1S/C16H13NO5/c1-8-15(20)12(9(7-18)6-17-8)5-14-16(21)11-3-2-10(19)4-13(11)22-14/h2-6,18-20H,7H2,1H3. The van der Waals surface area contributed by atoms with Crippen molar-refractivity contribution in [3.63, 3.8) is 0 Å². The number of benzene rings is 1. The van der Waals surface area contributed by atoms with Gasteiger partial charge >= 0.3 is 0 Å². The fraction of sp³-hybridized carbons (Fsp3) is 0.125. The average Bonchev–Trinajstić information content (AvgIpc) is 2.80. The lowest BCUT2D eigenvalue weighted by Gasteiger charge is -2.08. The van der Waals surface area contributed by atoms with Crippen LogP contribution in [0.4, 0.5) is 0 Å². The highest BCUT2D eigenvalue weighted by atomic mass is 16.5. The molecule has 0 radical (unpaired) electrons. The van der Waals surface area contributed by atoms with Crippen LogP contribution in [0.3, 0.4) is 0 Å². The zero-order valence-electron chi connectivity index (χ0n) is 11.7. The summed E-state index contributed by atoms with van der Waals surface area (Å²) >= 11 is 0. The molecule has 0 spiro atoms. The van der Waals surface area contributed by atoms with Crippen molar-refractivity contribution in [2.45, 2.75) is 13.5 Å². The van der Waals surface area contributed by atoms with Gasteiger partial charge in [-0.3, -0.25) is 9.78 Å². The summed E-state index contributed by atoms with van der Waals surface area (Å²) in [6.07, 6.45) is 2.80. The first-order valence-electron chi connectivity index (χ1n) is 6.57. The highest BCUT2D eigenvalue weighted by Crippen LogP contribution is 2.36. The number of carbonyl (C=O) groups excluding carboxylic acids is 1. The Kier molecular flexibility index (Phi) is 3.30. The van der Waals surface area contributed by atoms with Crippen LogP contribution in [0.5, 0.6) is 17.2 Å². The van der Waals surface area contributed by atoms with Gasteiger partial charge in [0, 0.05) is 23.4 Å². The van der Waals surface area contributed by atoms with Gasteiger partial charge in [0.2, 0.25) is 5.78 Å². The molecule has 0 amide bonds. The summed E-state index contributed by atoms with van der Waals surface area (Å²) in [4.78, 5) is 16.2. The summed E-state index contributed by atoms with van der Waals surface area (Å²) in [5, 5.41) is 28.9. The molecule has 112 valence electrons. The van der Waals surface area contributed by atoms with Crippen LogP contribution >= 0.6 is 0 Å². The van der Waals surface area contributed by atoms with Gasteiger partial charge < -0.3 is 20.1 Å². The van der Waals surface area contributed by atoms with Crippen molar-refractivity contribution >= 4 is 11.9 Å². The van der Waals surface area contributed by atoms with Gasteiger partial charge in [0.15, 0.2) is 5.76 Å². The van der Waals surface area contributed by atoms with Crippen molar-refractivity contribution in [2.75, 3.05) is 0 Å². The van der Waals surface area contributed by atoms with E-state index in [0.29, 0.717) is 16.8 Å². The molecule has 2 aromatic rings. The molecule has 1 aromatic heterocycles. The summed E-state index contributed by atoms with van der Waals surface area (Å²) in [5.41, 5.74) is 1.38. The molecule has 6 heteroatoms. The predicted molar refractivity (Wildman–Crippen MR) is 77.6 cm³/mol. The molecule has 1 aliphatic heterocycles. The first-order chi connectivity index (χ1) is 10.5. The smallest absolute Gasteiger partial charge is 0.231 e. The van der Waals surface area contributed by atoms with Crippen LogP contribution < -0.4 is 4.74 Å². The largest absolute Gasteiger partial charge is 0.508 e. The van der Waals surface area contributed by atoms with E-state index in [1.165, 1.54) is 30.5 Å². The quantitative estimate of drug-likeness (QED) is 0.732. The molecule has 2 heterocycles. The van der Waals surface area contributed by atoms with Crippen LogP contribution in [0.25, 0.3) is 6.08 Å². The minimum atomic E-state index is -0.354. The number of nitrogens with zero attached hydrogens (tertiary/aromatic N) is 1. The topological polar surface area (TPSA) is 99.9 Å². The van der Waals surface area contributed by atoms with Gasteiger partial charge in [0.1, 0.15) is 17.2 Å². The third kappa shape index (κ3) is 2.19. The molecule has 22 heavy (non-hydrogen) atoms. The first kappa shape index (κ1) is 14.1. The number of phenols is 1. The van der Waals surface area contributed by atoms with E-state index in [1.807, 2.05) is 0 Å². The van der Waals surface area contributed by atoms with Gasteiger partial charge in [-0.1, -0.05) is 0 Å². The summed E-state index contributed by atoms with van der Waals surface area (Å²) in [6, 6.07) is 4.22. The molecule has 0 bridgehead atoms. The monoisotopic (exact) mass is 299 g/mol. The van der Waals surface area contributed by atoms with Crippen LogP contribution in [0, 0.1) is 6.92 Å². The number of rotatable bonds is 2. The average molecular weight is 299 g/mol. The lowest BCUT2D eigenvalue weighted by atomic mass is 10.0. The van der Waals surface area contributed by atoms with Crippen molar-refractivity contribution in [2.24, 2.45) is 0 Å². The highest BCUT2D eigenvalue weighted by Gasteiger charge is 2.28. The molecule has 3 N–H and O–H groups in total. The number of pyridine rings is 1. The van der Waals surface area contributed by atoms with E-state index in [0.717, 1.165) is 0 Å². The number of aryl methyl sites for hydroxylation is 1. The Morgan fingerprint density at radius 2 is 2.09 bits per heavy atom. The SMILES string of the molecule is Cc1ncc(CO)c(C=C2Oc3cc(O)ccc3C2=O)c1O. The summed E-state index contributed by atoms with van der Waals surface area (Å²) < 4.78 is 5.44. The number of fused-ring (bicyclic) bond motifs is 1. The van der Waals surface area contributed by atoms with Crippen LogP contribution in [-0.2, 0) is 6.61 Å².